The van der Waals surface area contributed by atoms with Crippen LogP contribution < -0.4 is 10.7 Å². The van der Waals surface area contributed by atoms with Crippen LogP contribution >= 0.6 is 0 Å². The third kappa shape index (κ3) is 4.95. The van der Waals surface area contributed by atoms with Crippen LogP contribution in [0.5, 0.6) is 0 Å². The number of benzene rings is 3. The van der Waals surface area contributed by atoms with Gasteiger partial charge in [0.05, 0.1) is 17.6 Å². The summed E-state index contributed by atoms with van der Waals surface area (Å²) < 4.78 is 1.94. The lowest BCUT2D eigenvalue weighted by molar-refractivity contribution is -0.133. The predicted molar refractivity (Wildman–Crippen MR) is 137 cm³/mol. The number of fused-ring (bicyclic) bond motifs is 2. The van der Waals surface area contributed by atoms with Gasteiger partial charge >= 0.3 is 0 Å². The SMILES string of the molecule is O=C(CN1CCN(C(=O)Cn2c3ccccc3c(=O)c3ccccc32)CC1)NCc1ccccc1. The van der Waals surface area contributed by atoms with Crippen molar-refractivity contribution in [3.63, 3.8) is 0 Å². The Balaban J connectivity index is 1.22. The maximum Gasteiger partial charge on any atom is 0.242 e. The Morgan fingerprint density at radius 1 is 0.714 bits per heavy atom. The number of nitrogens with zero attached hydrogens (tertiary/aromatic N) is 3. The molecule has 7 heteroatoms. The highest BCUT2D eigenvalue weighted by Gasteiger charge is 2.23. The van der Waals surface area contributed by atoms with Crippen LogP contribution in [0.3, 0.4) is 0 Å². The second-order valence-electron chi connectivity index (χ2n) is 8.87. The lowest BCUT2D eigenvalue weighted by atomic mass is 10.1. The van der Waals surface area contributed by atoms with E-state index in [9.17, 15) is 14.4 Å². The van der Waals surface area contributed by atoms with Gasteiger partial charge in [0.2, 0.25) is 11.8 Å². The number of rotatable bonds is 6. The number of piperazine rings is 1. The fourth-order valence-corrected chi connectivity index (χ4v) is 4.69. The molecule has 1 saturated heterocycles. The first-order valence-electron chi connectivity index (χ1n) is 11.9. The van der Waals surface area contributed by atoms with Crippen molar-refractivity contribution in [2.45, 2.75) is 13.1 Å². The van der Waals surface area contributed by atoms with Gasteiger partial charge in [-0.05, 0) is 29.8 Å². The minimum Gasteiger partial charge on any atom is -0.351 e. The highest BCUT2D eigenvalue weighted by molar-refractivity contribution is 5.94. The van der Waals surface area contributed by atoms with Crippen molar-refractivity contribution in [3.05, 3.63) is 94.6 Å². The molecule has 1 fully saturated rings. The van der Waals surface area contributed by atoms with Crippen LogP contribution in [0.25, 0.3) is 21.8 Å². The van der Waals surface area contributed by atoms with Gasteiger partial charge in [0, 0.05) is 43.5 Å². The van der Waals surface area contributed by atoms with Gasteiger partial charge in [-0.15, -0.1) is 0 Å². The lowest BCUT2D eigenvalue weighted by Crippen LogP contribution is -2.51. The number of carbonyl (C=O) groups excluding carboxylic acids is 2. The minimum atomic E-state index is -0.0148. The van der Waals surface area contributed by atoms with Crippen LogP contribution in [-0.4, -0.2) is 58.9 Å². The van der Waals surface area contributed by atoms with Crippen molar-refractivity contribution in [3.8, 4) is 0 Å². The highest BCUT2D eigenvalue weighted by Crippen LogP contribution is 2.19. The van der Waals surface area contributed by atoms with Crippen LogP contribution in [-0.2, 0) is 22.7 Å². The molecule has 3 aromatic carbocycles. The molecule has 0 spiro atoms. The molecule has 2 heterocycles. The van der Waals surface area contributed by atoms with Crippen LogP contribution in [0.4, 0.5) is 0 Å². The molecular formula is C28H28N4O3. The molecule has 0 saturated carbocycles. The smallest absolute Gasteiger partial charge is 0.242 e. The van der Waals surface area contributed by atoms with Crippen LogP contribution in [0.1, 0.15) is 5.56 Å². The van der Waals surface area contributed by atoms with E-state index < -0.39 is 0 Å². The van der Waals surface area contributed by atoms with Gasteiger partial charge in [0.25, 0.3) is 0 Å². The Morgan fingerprint density at radius 2 is 1.29 bits per heavy atom. The molecule has 1 aliphatic heterocycles. The quantitative estimate of drug-likeness (QED) is 0.442. The second-order valence-corrected chi connectivity index (χ2v) is 8.87. The monoisotopic (exact) mass is 468 g/mol. The molecular weight excluding hydrogens is 440 g/mol. The molecule has 0 unspecified atom stereocenters. The van der Waals surface area contributed by atoms with E-state index in [2.05, 4.69) is 10.2 Å². The van der Waals surface area contributed by atoms with Crippen LogP contribution in [0.15, 0.2) is 83.7 Å². The standard InChI is InChI=1S/C28H28N4O3/c33-26(29-18-21-8-2-1-3-9-21)19-30-14-16-31(17-15-30)27(34)20-32-24-12-6-4-10-22(24)28(35)23-11-5-7-13-25(23)32/h1-13H,14-20H2,(H,29,33). The lowest BCUT2D eigenvalue weighted by Gasteiger charge is -2.34. The average molecular weight is 469 g/mol. The maximum atomic E-state index is 13.3. The van der Waals surface area contributed by atoms with Crippen molar-refractivity contribution in [2.24, 2.45) is 0 Å². The van der Waals surface area contributed by atoms with Gasteiger partial charge in [-0.2, -0.15) is 0 Å². The summed E-state index contributed by atoms with van der Waals surface area (Å²) in [4.78, 5) is 42.5. The third-order valence-corrected chi connectivity index (χ3v) is 6.60. The van der Waals surface area contributed by atoms with E-state index in [1.165, 1.54) is 0 Å². The van der Waals surface area contributed by atoms with E-state index in [1.807, 2.05) is 88.3 Å². The largest absolute Gasteiger partial charge is 0.351 e. The number of hydrogen-bond acceptors (Lipinski definition) is 4. The van der Waals surface area contributed by atoms with E-state index in [0.717, 1.165) is 16.6 Å². The van der Waals surface area contributed by atoms with E-state index in [1.54, 1.807) is 0 Å². The summed E-state index contributed by atoms with van der Waals surface area (Å²) in [7, 11) is 0. The normalized spacial score (nSPS) is 14.3. The molecule has 5 rings (SSSR count). The number of pyridine rings is 1. The summed E-state index contributed by atoms with van der Waals surface area (Å²) in [5.74, 6) is -0.00281. The van der Waals surface area contributed by atoms with Gasteiger partial charge in [-0.1, -0.05) is 54.6 Å². The molecule has 4 aromatic rings. The maximum absolute atomic E-state index is 13.3. The summed E-state index contributed by atoms with van der Waals surface area (Å²) in [5.41, 5.74) is 2.58. The molecule has 0 atom stereocenters. The van der Waals surface area contributed by atoms with Crippen molar-refractivity contribution < 1.29 is 9.59 Å². The highest BCUT2D eigenvalue weighted by atomic mass is 16.2. The van der Waals surface area contributed by atoms with Gasteiger partial charge < -0.3 is 14.8 Å². The number of carbonyl (C=O) groups is 2. The second kappa shape index (κ2) is 10.1. The van der Waals surface area contributed by atoms with Gasteiger partial charge in [-0.3, -0.25) is 19.3 Å². The molecule has 1 N–H and O–H groups in total. The number of nitrogens with one attached hydrogen (secondary N) is 1. The summed E-state index contributed by atoms with van der Waals surface area (Å²) in [5, 5.41) is 4.19. The Bertz CT molecular complexity index is 1360. The average Bonchev–Trinajstić information content (AvgIpc) is 2.91. The van der Waals surface area contributed by atoms with Gasteiger partial charge in [-0.25, -0.2) is 0 Å². The minimum absolute atomic E-state index is 0.0112. The Kier molecular flexibility index (Phi) is 6.59. The molecule has 35 heavy (non-hydrogen) atoms. The molecule has 0 bridgehead atoms. The molecule has 1 aliphatic rings. The van der Waals surface area contributed by atoms with Crippen molar-refractivity contribution >= 4 is 33.6 Å². The van der Waals surface area contributed by atoms with Crippen LogP contribution in [0, 0.1) is 0 Å². The first kappa shape index (κ1) is 22.8. The van der Waals surface area contributed by atoms with E-state index >= 15 is 0 Å². The summed E-state index contributed by atoms with van der Waals surface area (Å²) in [6.45, 7) is 3.44. The topological polar surface area (TPSA) is 74.7 Å². The van der Waals surface area contributed by atoms with Crippen molar-refractivity contribution in [1.29, 1.82) is 0 Å². The number of amides is 2. The third-order valence-electron chi connectivity index (χ3n) is 6.60. The summed E-state index contributed by atoms with van der Waals surface area (Å²) in [6.07, 6.45) is 0. The number of hydrogen-bond donors (Lipinski definition) is 1. The van der Waals surface area contributed by atoms with E-state index in [4.69, 9.17) is 0 Å². The molecule has 1 aromatic heterocycles. The van der Waals surface area contributed by atoms with E-state index in [0.29, 0.717) is 50.0 Å². The number of aromatic nitrogens is 1. The molecule has 7 nitrogen and oxygen atoms in total. The molecule has 2 amide bonds. The van der Waals surface area contributed by atoms with Gasteiger partial charge in [0.15, 0.2) is 5.43 Å². The zero-order valence-corrected chi connectivity index (χ0v) is 19.5. The fourth-order valence-electron chi connectivity index (χ4n) is 4.69. The Hall–Kier alpha value is -3.97. The summed E-state index contributed by atoms with van der Waals surface area (Å²) >= 11 is 0. The van der Waals surface area contributed by atoms with Crippen molar-refractivity contribution in [2.75, 3.05) is 32.7 Å². The number of para-hydroxylation sites is 2. The zero-order chi connectivity index (χ0) is 24.2. The summed E-state index contributed by atoms with van der Waals surface area (Å²) in [6, 6.07) is 24.7. The van der Waals surface area contributed by atoms with E-state index in [-0.39, 0.29) is 23.8 Å². The molecule has 0 radical (unpaired) electrons. The fraction of sp³-hybridized carbons (Fsp3) is 0.250. The first-order valence-corrected chi connectivity index (χ1v) is 11.9. The first-order chi connectivity index (χ1) is 17.1. The van der Waals surface area contributed by atoms with Crippen LogP contribution in [0.2, 0.25) is 0 Å². The van der Waals surface area contributed by atoms with Gasteiger partial charge in [0.1, 0.15) is 6.54 Å². The predicted octanol–water partition coefficient (Wildman–Crippen LogP) is 2.62. The molecule has 0 aliphatic carbocycles. The molecule has 178 valence electrons. The Morgan fingerprint density at radius 3 is 1.91 bits per heavy atom. The van der Waals surface area contributed by atoms with Crippen molar-refractivity contribution in [1.82, 2.24) is 19.7 Å². The zero-order valence-electron chi connectivity index (χ0n) is 19.5. The Labute approximate surface area is 203 Å².